The highest BCUT2D eigenvalue weighted by Gasteiger charge is 2.11. The number of halogens is 1. The van der Waals surface area contributed by atoms with Crippen molar-refractivity contribution in [3.8, 4) is 0 Å². The molecule has 0 bridgehead atoms. The minimum atomic E-state index is -0.927. The van der Waals surface area contributed by atoms with Crippen molar-refractivity contribution in [1.29, 1.82) is 0 Å². The summed E-state index contributed by atoms with van der Waals surface area (Å²) in [4.78, 5) is 11.9. The quantitative estimate of drug-likeness (QED) is 0.834. The number of benzene rings is 2. The average molecular weight is 293 g/mol. The second-order valence-electron chi connectivity index (χ2n) is 4.16. The number of thioether (sulfide) groups is 1. The van der Waals surface area contributed by atoms with Crippen LogP contribution in [0.5, 0.6) is 0 Å². The Labute approximate surface area is 121 Å². The van der Waals surface area contributed by atoms with Crippen molar-refractivity contribution >= 4 is 29.3 Å². The van der Waals surface area contributed by atoms with Gasteiger partial charge in [0.1, 0.15) is 0 Å². The summed E-state index contributed by atoms with van der Waals surface area (Å²) >= 11 is 7.42. The van der Waals surface area contributed by atoms with Gasteiger partial charge in [-0.05, 0) is 36.2 Å². The van der Waals surface area contributed by atoms with Crippen molar-refractivity contribution in [1.82, 2.24) is 0 Å². The number of rotatable bonds is 4. The van der Waals surface area contributed by atoms with Crippen LogP contribution in [0.3, 0.4) is 0 Å². The van der Waals surface area contributed by atoms with Crippen LogP contribution in [0.25, 0.3) is 0 Å². The van der Waals surface area contributed by atoms with Gasteiger partial charge in [-0.25, -0.2) is 4.79 Å². The molecule has 0 aliphatic heterocycles. The Kier molecular flexibility index (Phi) is 4.51. The minimum absolute atomic E-state index is 0.294. The van der Waals surface area contributed by atoms with Crippen LogP contribution in [-0.2, 0) is 5.75 Å². The molecule has 2 aromatic rings. The Morgan fingerprint density at radius 1 is 1.26 bits per heavy atom. The van der Waals surface area contributed by atoms with Gasteiger partial charge in [-0.3, -0.25) is 0 Å². The first kappa shape index (κ1) is 14.0. The molecule has 98 valence electrons. The van der Waals surface area contributed by atoms with Crippen LogP contribution in [0.4, 0.5) is 0 Å². The molecule has 0 saturated heterocycles. The first-order chi connectivity index (χ1) is 9.08. The van der Waals surface area contributed by atoms with Crippen LogP contribution in [0.15, 0.2) is 47.4 Å². The van der Waals surface area contributed by atoms with Crippen molar-refractivity contribution in [2.45, 2.75) is 17.6 Å². The predicted octanol–water partition coefficient (Wildman–Crippen LogP) is 4.64. The van der Waals surface area contributed by atoms with Crippen molar-refractivity contribution in [3.63, 3.8) is 0 Å². The van der Waals surface area contributed by atoms with E-state index in [0.29, 0.717) is 15.5 Å². The summed E-state index contributed by atoms with van der Waals surface area (Å²) in [7, 11) is 0. The summed E-state index contributed by atoms with van der Waals surface area (Å²) in [5.74, 6) is -0.197. The Balaban J connectivity index is 2.22. The van der Waals surface area contributed by atoms with Gasteiger partial charge < -0.3 is 5.11 Å². The molecular weight excluding hydrogens is 280 g/mol. The van der Waals surface area contributed by atoms with Crippen LogP contribution >= 0.6 is 23.4 Å². The number of hydrogen-bond acceptors (Lipinski definition) is 2. The Bertz CT molecular complexity index is 611. The normalized spacial score (nSPS) is 10.4. The van der Waals surface area contributed by atoms with Gasteiger partial charge >= 0.3 is 5.97 Å². The molecular formula is C15H13ClO2S. The van der Waals surface area contributed by atoms with E-state index in [1.807, 2.05) is 31.2 Å². The lowest BCUT2D eigenvalue weighted by atomic mass is 10.1. The highest BCUT2D eigenvalue weighted by Crippen LogP contribution is 2.29. The van der Waals surface area contributed by atoms with Crippen LogP contribution in [-0.4, -0.2) is 11.1 Å². The zero-order chi connectivity index (χ0) is 13.8. The van der Waals surface area contributed by atoms with E-state index in [-0.39, 0.29) is 0 Å². The molecule has 1 N–H and O–H groups in total. The molecule has 2 nitrogen and oxygen atoms in total. The van der Waals surface area contributed by atoms with E-state index >= 15 is 0 Å². The first-order valence-electron chi connectivity index (χ1n) is 5.78. The monoisotopic (exact) mass is 292 g/mol. The molecule has 19 heavy (non-hydrogen) atoms. The summed E-state index contributed by atoms with van der Waals surface area (Å²) in [6.45, 7) is 2.05. The van der Waals surface area contributed by atoms with Gasteiger partial charge in [0.2, 0.25) is 0 Å². The molecule has 0 aliphatic carbocycles. The third-order valence-electron chi connectivity index (χ3n) is 2.82. The van der Waals surface area contributed by atoms with E-state index in [1.165, 1.54) is 22.9 Å². The molecule has 0 saturated carbocycles. The summed E-state index contributed by atoms with van der Waals surface area (Å²) < 4.78 is 0. The van der Waals surface area contributed by atoms with E-state index < -0.39 is 5.97 Å². The number of carbonyl (C=O) groups is 1. The molecule has 4 heteroatoms. The van der Waals surface area contributed by atoms with E-state index in [9.17, 15) is 4.79 Å². The van der Waals surface area contributed by atoms with Crippen molar-refractivity contribution in [2.24, 2.45) is 0 Å². The van der Waals surface area contributed by atoms with Crippen molar-refractivity contribution < 1.29 is 9.90 Å². The SMILES string of the molecule is Cc1ccccc1CSc1cc(Cl)ccc1C(=O)O. The lowest BCUT2D eigenvalue weighted by Crippen LogP contribution is -1.98. The fourth-order valence-corrected chi connectivity index (χ4v) is 3.11. The summed E-state index contributed by atoms with van der Waals surface area (Å²) in [5, 5.41) is 9.70. The zero-order valence-corrected chi connectivity index (χ0v) is 12.0. The van der Waals surface area contributed by atoms with E-state index in [2.05, 4.69) is 0 Å². The summed E-state index contributed by atoms with van der Waals surface area (Å²) in [6, 6.07) is 12.9. The maximum absolute atomic E-state index is 11.2. The summed E-state index contributed by atoms with van der Waals surface area (Å²) in [6.07, 6.45) is 0. The van der Waals surface area contributed by atoms with Gasteiger partial charge in [-0.2, -0.15) is 0 Å². The van der Waals surface area contributed by atoms with Crippen LogP contribution in [0.2, 0.25) is 5.02 Å². The topological polar surface area (TPSA) is 37.3 Å². The van der Waals surface area contributed by atoms with E-state index in [4.69, 9.17) is 16.7 Å². The Morgan fingerprint density at radius 2 is 2.00 bits per heavy atom. The van der Waals surface area contributed by atoms with Gasteiger partial charge in [0.25, 0.3) is 0 Å². The lowest BCUT2D eigenvalue weighted by molar-refractivity contribution is 0.0693. The number of carboxylic acid groups (broad SMARTS) is 1. The Hall–Kier alpha value is -1.45. The van der Waals surface area contributed by atoms with E-state index in [0.717, 1.165) is 5.75 Å². The zero-order valence-electron chi connectivity index (χ0n) is 10.4. The molecule has 0 unspecified atom stereocenters. The van der Waals surface area contributed by atoms with E-state index in [1.54, 1.807) is 18.2 Å². The standard InChI is InChI=1S/C15H13ClO2S/c1-10-4-2-3-5-11(10)9-19-14-8-12(16)6-7-13(14)15(17)18/h2-8H,9H2,1H3,(H,17,18). The molecule has 2 rings (SSSR count). The number of aryl methyl sites for hydroxylation is 1. The third-order valence-corrected chi connectivity index (χ3v) is 4.16. The highest BCUT2D eigenvalue weighted by molar-refractivity contribution is 7.98. The first-order valence-corrected chi connectivity index (χ1v) is 7.14. The fraction of sp³-hybridized carbons (Fsp3) is 0.133. The molecule has 2 aromatic carbocycles. The molecule has 0 aromatic heterocycles. The minimum Gasteiger partial charge on any atom is -0.478 e. The van der Waals surface area contributed by atoms with Crippen molar-refractivity contribution in [3.05, 3.63) is 64.2 Å². The molecule has 0 radical (unpaired) electrons. The number of carboxylic acids is 1. The van der Waals surface area contributed by atoms with Crippen molar-refractivity contribution in [2.75, 3.05) is 0 Å². The second-order valence-corrected chi connectivity index (χ2v) is 5.61. The smallest absolute Gasteiger partial charge is 0.336 e. The van der Waals surface area contributed by atoms with Gasteiger partial charge in [0.15, 0.2) is 0 Å². The third kappa shape index (κ3) is 3.52. The highest BCUT2D eigenvalue weighted by atomic mass is 35.5. The lowest BCUT2D eigenvalue weighted by Gasteiger charge is -2.08. The van der Waals surface area contributed by atoms with Crippen LogP contribution in [0.1, 0.15) is 21.5 Å². The largest absolute Gasteiger partial charge is 0.478 e. The molecule has 0 spiro atoms. The molecule has 0 heterocycles. The van der Waals surface area contributed by atoms with Gasteiger partial charge in [0.05, 0.1) is 5.56 Å². The Morgan fingerprint density at radius 3 is 2.68 bits per heavy atom. The molecule has 0 aliphatic rings. The summed E-state index contributed by atoms with van der Waals surface area (Å²) in [5.41, 5.74) is 2.70. The van der Waals surface area contributed by atoms with Gasteiger partial charge in [-0.15, -0.1) is 11.8 Å². The fourth-order valence-electron chi connectivity index (χ4n) is 1.72. The second kappa shape index (κ2) is 6.13. The number of aromatic carboxylic acids is 1. The maximum atomic E-state index is 11.2. The number of hydrogen-bond donors (Lipinski definition) is 1. The van der Waals surface area contributed by atoms with Crippen LogP contribution in [0, 0.1) is 6.92 Å². The predicted molar refractivity (Wildman–Crippen MR) is 79.2 cm³/mol. The maximum Gasteiger partial charge on any atom is 0.336 e. The molecule has 0 amide bonds. The van der Waals surface area contributed by atoms with Crippen LogP contribution < -0.4 is 0 Å². The van der Waals surface area contributed by atoms with Gasteiger partial charge in [-0.1, -0.05) is 35.9 Å². The molecule has 0 atom stereocenters. The molecule has 0 fully saturated rings. The average Bonchev–Trinajstić information content (AvgIpc) is 2.37. The van der Waals surface area contributed by atoms with Gasteiger partial charge in [0, 0.05) is 15.7 Å².